The third-order valence-electron chi connectivity index (χ3n) is 5.15. The lowest BCUT2D eigenvalue weighted by molar-refractivity contribution is -0.147. The zero-order chi connectivity index (χ0) is 19.3. The molecule has 2 amide bonds. The maximum absolute atomic E-state index is 12.8. The summed E-state index contributed by atoms with van der Waals surface area (Å²) in [5.74, 6) is -0.375. The summed E-state index contributed by atoms with van der Waals surface area (Å²) in [7, 11) is 2.04. The first kappa shape index (κ1) is 20.2. The molecule has 144 valence electrons. The molecule has 1 fully saturated rings. The van der Waals surface area contributed by atoms with Gasteiger partial charge in [0.25, 0.3) is 0 Å². The maximum atomic E-state index is 12.8. The first-order valence-electron chi connectivity index (χ1n) is 9.44. The van der Waals surface area contributed by atoms with Crippen molar-refractivity contribution in [2.45, 2.75) is 27.7 Å². The zero-order valence-electron chi connectivity index (χ0n) is 16.7. The van der Waals surface area contributed by atoms with Crippen LogP contribution < -0.4 is 10.2 Å². The van der Waals surface area contributed by atoms with E-state index >= 15 is 0 Å². The molecule has 6 heteroatoms. The van der Waals surface area contributed by atoms with E-state index in [-0.39, 0.29) is 11.8 Å². The summed E-state index contributed by atoms with van der Waals surface area (Å²) in [6, 6.07) is 7.78. The highest BCUT2D eigenvalue weighted by Crippen LogP contribution is 2.24. The van der Waals surface area contributed by atoms with Gasteiger partial charge in [-0.15, -0.1) is 0 Å². The summed E-state index contributed by atoms with van der Waals surface area (Å²) >= 11 is 0. The van der Waals surface area contributed by atoms with E-state index in [1.807, 2.05) is 31.3 Å². The number of nitrogens with one attached hydrogen (secondary N) is 1. The Bertz CT molecular complexity index is 615. The number of amides is 2. The number of carbonyl (C=O) groups is 2. The molecule has 0 unspecified atom stereocenters. The molecule has 2 rings (SSSR count). The largest absolute Gasteiger partial charge is 0.372 e. The SMILES string of the molecule is CCN(CC)c1ccc(NC(=O)C(C)(C)C(=O)N2CCN(C)CC2)cc1. The van der Waals surface area contributed by atoms with Crippen molar-refractivity contribution in [1.29, 1.82) is 0 Å². The van der Waals surface area contributed by atoms with Gasteiger partial charge in [0, 0.05) is 50.6 Å². The number of nitrogens with zero attached hydrogens (tertiary/aromatic N) is 3. The predicted octanol–water partition coefficient (Wildman–Crippen LogP) is 2.27. The fourth-order valence-electron chi connectivity index (χ4n) is 3.13. The van der Waals surface area contributed by atoms with Gasteiger partial charge in [-0.2, -0.15) is 0 Å². The predicted molar refractivity (Wildman–Crippen MR) is 106 cm³/mol. The van der Waals surface area contributed by atoms with Gasteiger partial charge < -0.3 is 20.0 Å². The first-order chi connectivity index (χ1) is 12.3. The van der Waals surface area contributed by atoms with Crippen molar-refractivity contribution in [3.63, 3.8) is 0 Å². The molecular formula is C20H32N4O2. The van der Waals surface area contributed by atoms with Crippen LogP contribution in [0.25, 0.3) is 0 Å². The monoisotopic (exact) mass is 360 g/mol. The lowest BCUT2D eigenvalue weighted by Gasteiger charge is -2.36. The highest BCUT2D eigenvalue weighted by atomic mass is 16.2. The number of rotatable bonds is 6. The Kier molecular flexibility index (Phi) is 6.64. The molecule has 1 aliphatic heterocycles. The van der Waals surface area contributed by atoms with Crippen molar-refractivity contribution >= 4 is 23.2 Å². The van der Waals surface area contributed by atoms with Gasteiger partial charge in [0.2, 0.25) is 11.8 Å². The van der Waals surface area contributed by atoms with Crippen molar-refractivity contribution in [3.05, 3.63) is 24.3 Å². The van der Waals surface area contributed by atoms with Gasteiger partial charge in [-0.05, 0) is 59.0 Å². The van der Waals surface area contributed by atoms with Crippen molar-refractivity contribution in [2.24, 2.45) is 5.41 Å². The van der Waals surface area contributed by atoms with Gasteiger partial charge in [0.1, 0.15) is 5.41 Å². The third kappa shape index (κ3) is 4.55. The van der Waals surface area contributed by atoms with Crippen molar-refractivity contribution in [1.82, 2.24) is 9.80 Å². The molecule has 1 aliphatic rings. The normalized spacial score (nSPS) is 15.7. The van der Waals surface area contributed by atoms with E-state index in [0.717, 1.165) is 31.9 Å². The minimum atomic E-state index is -1.09. The van der Waals surface area contributed by atoms with E-state index in [2.05, 4.69) is 29.0 Å². The summed E-state index contributed by atoms with van der Waals surface area (Å²) in [6.07, 6.45) is 0. The summed E-state index contributed by atoms with van der Waals surface area (Å²) in [5.41, 5.74) is 0.749. The first-order valence-corrected chi connectivity index (χ1v) is 9.44. The summed E-state index contributed by atoms with van der Waals surface area (Å²) in [6.45, 7) is 12.5. The van der Waals surface area contributed by atoms with Crippen LogP contribution in [0.1, 0.15) is 27.7 Å². The summed E-state index contributed by atoms with van der Waals surface area (Å²) in [4.78, 5) is 31.8. The molecule has 0 aromatic heterocycles. The summed E-state index contributed by atoms with van der Waals surface area (Å²) in [5, 5.41) is 2.90. The Hall–Kier alpha value is -2.08. The van der Waals surface area contributed by atoms with Crippen LogP contribution in [0.2, 0.25) is 0 Å². The number of benzene rings is 1. The van der Waals surface area contributed by atoms with Crippen LogP contribution >= 0.6 is 0 Å². The van der Waals surface area contributed by atoms with E-state index in [1.165, 1.54) is 0 Å². The average molecular weight is 361 g/mol. The fourth-order valence-corrected chi connectivity index (χ4v) is 3.13. The van der Waals surface area contributed by atoms with Crippen LogP contribution in [0.5, 0.6) is 0 Å². The molecule has 1 heterocycles. The Balaban J connectivity index is 2.02. The Morgan fingerprint density at radius 1 is 1.04 bits per heavy atom. The molecule has 6 nitrogen and oxygen atoms in total. The number of carbonyl (C=O) groups excluding carboxylic acids is 2. The molecule has 0 atom stereocenters. The van der Waals surface area contributed by atoms with Gasteiger partial charge in [0.05, 0.1) is 0 Å². The molecule has 26 heavy (non-hydrogen) atoms. The minimum Gasteiger partial charge on any atom is -0.372 e. The van der Waals surface area contributed by atoms with Gasteiger partial charge in [-0.1, -0.05) is 0 Å². The van der Waals surface area contributed by atoms with Gasteiger partial charge in [-0.25, -0.2) is 0 Å². The molecule has 0 radical (unpaired) electrons. The Morgan fingerprint density at radius 2 is 1.58 bits per heavy atom. The van der Waals surface area contributed by atoms with Crippen molar-refractivity contribution < 1.29 is 9.59 Å². The molecular weight excluding hydrogens is 328 g/mol. The van der Waals surface area contributed by atoms with Gasteiger partial charge >= 0.3 is 0 Å². The number of piperazine rings is 1. The van der Waals surface area contributed by atoms with Crippen LogP contribution in [-0.2, 0) is 9.59 Å². The van der Waals surface area contributed by atoms with Gasteiger partial charge in [-0.3, -0.25) is 9.59 Å². The average Bonchev–Trinajstić information content (AvgIpc) is 2.64. The maximum Gasteiger partial charge on any atom is 0.239 e. The molecule has 0 saturated carbocycles. The van der Waals surface area contributed by atoms with E-state index in [1.54, 1.807) is 18.7 Å². The molecule has 1 aromatic rings. The highest BCUT2D eigenvalue weighted by Gasteiger charge is 2.39. The Morgan fingerprint density at radius 3 is 2.08 bits per heavy atom. The van der Waals surface area contributed by atoms with Crippen molar-refractivity contribution in [3.8, 4) is 0 Å². The second-order valence-corrected chi connectivity index (χ2v) is 7.39. The second-order valence-electron chi connectivity index (χ2n) is 7.39. The lowest BCUT2D eigenvalue weighted by atomic mass is 9.89. The van der Waals surface area contributed by atoms with Crippen LogP contribution in [0, 0.1) is 5.41 Å². The number of anilines is 2. The van der Waals surface area contributed by atoms with Gasteiger partial charge in [0.15, 0.2) is 0 Å². The second kappa shape index (κ2) is 8.54. The van der Waals surface area contributed by atoms with E-state index in [4.69, 9.17) is 0 Å². The van der Waals surface area contributed by atoms with E-state index in [0.29, 0.717) is 18.8 Å². The Labute approximate surface area is 157 Å². The topological polar surface area (TPSA) is 55.9 Å². The number of hydrogen-bond acceptors (Lipinski definition) is 4. The van der Waals surface area contributed by atoms with Crippen LogP contribution in [-0.4, -0.2) is 67.9 Å². The zero-order valence-corrected chi connectivity index (χ0v) is 16.7. The van der Waals surface area contributed by atoms with Crippen molar-refractivity contribution in [2.75, 3.05) is 56.5 Å². The molecule has 0 bridgehead atoms. The molecule has 1 saturated heterocycles. The standard InChI is InChI=1S/C20H32N4O2/c1-6-23(7-2)17-10-8-16(9-11-17)21-18(25)20(3,4)19(26)24-14-12-22(5)13-15-24/h8-11H,6-7,12-15H2,1-5H3,(H,21,25). The van der Waals surface area contributed by atoms with Crippen LogP contribution in [0.3, 0.4) is 0 Å². The minimum absolute atomic E-state index is 0.108. The quantitative estimate of drug-likeness (QED) is 0.791. The smallest absolute Gasteiger partial charge is 0.239 e. The molecule has 1 aromatic carbocycles. The fraction of sp³-hybridized carbons (Fsp3) is 0.600. The molecule has 1 N–H and O–H groups in total. The lowest BCUT2D eigenvalue weighted by Crippen LogP contribution is -2.53. The van der Waals surface area contributed by atoms with Crippen LogP contribution in [0.15, 0.2) is 24.3 Å². The number of likely N-dealkylation sites (N-methyl/N-ethyl adjacent to an activating group) is 1. The van der Waals surface area contributed by atoms with E-state index in [9.17, 15) is 9.59 Å². The van der Waals surface area contributed by atoms with E-state index < -0.39 is 5.41 Å². The molecule has 0 spiro atoms. The van der Waals surface area contributed by atoms with Crippen LogP contribution in [0.4, 0.5) is 11.4 Å². The molecule has 0 aliphatic carbocycles. The third-order valence-corrected chi connectivity index (χ3v) is 5.15. The highest BCUT2D eigenvalue weighted by molar-refractivity contribution is 6.09. The number of hydrogen-bond donors (Lipinski definition) is 1. The summed E-state index contributed by atoms with van der Waals surface area (Å²) < 4.78 is 0.